The predicted octanol–water partition coefficient (Wildman–Crippen LogP) is 6.42. The molecule has 2 aromatic carbocycles. The van der Waals surface area contributed by atoms with Crippen molar-refractivity contribution >= 4 is 5.78 Å². The first kappa shape index (κ1) is 23.4. The third kappa shape index (κ3) is 6.00. The van der Waals surface area contributed by atoms with E-state index in [-0.39, 0.29) is 11.7 Å². The molecule has 0 amide bonds. The van der Waals surface area contributed by atoms with Gasteiger partial charge in [-0.15, -0.1) is 0 Å². The zero-order valence-electron chi connectivity index (χ0n) is 20.5. The summed E-state index contributed by atoms with van der Waals surface area (Å²) in [7, 11) is 0. The largest absolute Gasteiger partial charge is 0.299 e. The number of rotatable bonds is 8. The molecule has 3 aromatic rings. The van der Waals surface area contributed by atoms with E-state index in [4.69, 9.17) is 0 Å². The number of hydrogen-bond donors (Lipinski definition) is 0. The lowest BCUT2D eigenvalue weighted by atomic mass is 9.96. The SMILES string of the molecule is CC(C)C(=O)c1ccc(-c2ccc(CN3CCC(Cn4cc(C(C)C)cn4)CC3)cc2)cc1. The highest BCUT2D eigenvalue weighted by atomic mass is 16.1. The third-order valence-electron chi connectivity index (χ3n) is 6.86. The number of hydrogen-bond acceptors (Lipinski definition) is 3. The van der Waals surface area contributed by atoms with Gasteiger partial charge in [0.15, 0.2) is 5.78 Å². The Morgan fingerprint density at radius 2 is 1.55 bits per heavy atom. The molecule has 0 spiro atoms. The molecule has 1 aromatic heterocycles. The summed E-state index contributed by atoms with van der Waals surface area (Å²) in [6.45, 7) is 12.7. The first-order valence-electron chi connectivity index (χ1n) is 12.4. The Kier molecular flexibility index (Phi) is 7.44. The van der Waals surface area contributed by atoms with Gasteiger partial charge in [0.05, 0.1) is 6.20 Å². The van der Waals surface area contributed by atoms with Gasteiger partial charge in [-0.05, 0) is 60.0 Å². The molecule has 1 aliphatic rings. The molecular weight excluding hydrogens is 406 g/mol. The van der Waals surface area contributed by atoms with Crippen LogP contribution in [0.1, 0.15) is 67.9 Å². The minimum Gasteiger partial charge on any atom is -0.299 e. The molecule has 0 unspecified atom stereocenters. The molecule has 4 rings (SSSR count). The van der Waals surface area contributed by atoms with Crippen LogP contribution in [-0.2, 0) is 13.1 Å². The second-order valence-electron chi connectivity index (χ2n) is 10.2. The van der Waals surface area contributed by atoms with Crippen molar-refractivity contribution in [1.29, 1.82) is 0 Å². The van der Waals surface area contributed by atoms with Gasteiger partial charge in [-0.2, -0.15) is 5.10 Å². The van der Waals surface area contributed by atoms with Crippen LogP contribution in [0.4, 0.5) is 0 Å². The van der Waals surface area contributed by atoms with Crippen molar-refractivity contribution in [3.05, 3.63) is 77.6 Å². The van der Waals surface area contributed by atoms with E-state index >= 15 is 0 Å². The second kappa shape index (κ2) is 10.5. The zero-order chi connectivity index (χ0) is 23.4. The van der Waals surface area contributed by atoms with Crippen molar-refractivity contribution < 1.29 is 4.79 Å². The highest BCUT2D eigenvalue weighted by Crippen LogP contribution is 2.24. The van der Waals surface area contributed by atoms with Crippen LogP contribution in [0.3, 0.4) is 0 Å². The molecule has 174 valence electrons. The molecule has 0 radical (unpaired) electrons. The fourth-order valence-electron chi connectivity index (χ4n) is 4.59. The van der Waals surface area contributed by atoms with Gasteiger partial charge >= 0.3 is 0 Å². The Balaban J connectivity index is 1.27. The van der Waals surface area contributed by atoms with E-state index in [1.54, 1.807) is 0 Å². The summed E-state index contributed by atoms with van der Waals surface area (Å²) in [6, 6.07) is 16.9. The van der Waals surface area contributed by atoms with Crippen molar-refractivity contribution in [3.8, 4) is 11.1 Å². The highest BCUT2D eigenvalue weighted by molar-refractivity contribution is 5.97. The van der Waals surface area contributed by atoms with Crippen molar-refractivity contribution in [2.24, 2.45) is 11.8 Å². The summed E-state index contributed by atoms with van der Waals surface area (Å²) in [5.74, 6) is 1.49. The molecule has 0 aliphatic carbocycles. The third-order valence-corrected chi connectivity index (χ3v) is 6.86. The number of carbonyl (C=O) groups excluding carboxylic acids is 1. The number of ketones is 1. The van der Waals surface area contributed by atoms with Crippen molar-refractivity contribution in [3.63, 3.8) is 0 Å². The average molecular weight is 444 g/mol. The number of Topliss-reactive ketones (excluding diaryl/α,β-unsaturated/α-hetero) is 1. The number of benzene rings is 2. The summed E-state index contributed by atoms with van der Waals surface area (Å²) in [5, 5.41) is 4.56. The second-order valence-corrected chi connectivity index (χ2v) is 10.2. The van der Waals surface area contributed by atoms with Gasteiger partial charge in [0.1, 0.15) is 0 Å². The van der Waals surface area contributed by atoms with E-state index < -0.39 is 0 Å². The van der Waals surface area contributed by atoms with E-state index in [1.807, 2.05) is 32.2 Å². The molecule has 4 nitrogen and oxygen atoms in total. The van der Waals surface area contributed by atoms with E-state index in [2.05, 4.69) is 71.1 Å². The molecule has 0 N–H and O–H groups in total. The molecular formula is C29H37N3O. The van der Waals surface area contributed by atoms with Crippen LogP contribution < -0.4 is 0 Å². The molecule has 0 saturated carbocycles. The van der Waals surface area contributed by atoms with Gasteiger partial charge in [-0.1, -0.05) is 76.2 Å². The summed E-state index contributed by atoms with van der Waals surface area (Å²) >= 11 is 0. The fourth-order valence-corrected chi connectivity index (χ4v) is 4.59. The Bertz CT molecular complexity index is 1040. The van der Waals surface area contributed by atoms with Gasteiger partial charge in [0.2, 0.25) is 0 Å². The quantitative estimate of drug-likeness (QED) is 0.377. The maximum atomic E-state index is 12.2. The van der Waals surface area contributed by atoms with Crippen molar-refractivity contribution in [2.75, 3.05) is 13.1 Å². The summed E-state index contributed by atoms with van der Waals surface area (Å²) < 4.78 is 2.14. The van der Waals surface area contributed by atoms with Crippen LogP contribution in [0.5, 0.6) is 0 Å². The minimum absolute atomic E-state index is 0.0310. The molecule has 4 heteroatoms. The lowest BCUT2D eigenvalue weighted by molar-refractivity contribution is 0.0939. The number of piperidine rings is 1. The normalized spacial score (nSPS) is 15.5. The van der Waals surface area contributed by atoms with E-state index in [9.17, 15) is 4.79 Å². The molecule has 0 bridgehead atoms. The zero-order valence-corrected chi connectivity index (χ0v) is 20.5. The lowest BCUT2D eigenvalue weighted by Crippen LogP contribution is -2.34. The van der Waals surface area contributed by atoms with Crippen LogP contribution in [0.15, 0.2) is 60.9 Å². The maximum absolute atomic E-state index is 12.2. The van der Waals surface area contributed by atoms with Gasteiger partial charge in [-0.3, -0.25) is 14.4 Å². The van der Waals surface area contributed by atoms with Gasteiger partial charge in [-0.25, -0.2) is 0 Å². The van der Waals surface area contributed by atoms with Crippen LogP contribution >= 0.6 is 0 Å². The summed E-state index contributed by atoms with van der Waals surface area (Å²) in [4.78, 5) is 14.7. The first-order valence-corrected chi connectivity index (χ1v) is 12.4. The van der Waals surface area contributed by atoms with Crippen LogP contribution in [0, 0.1) is 11.8 Å². The first-order chi connectivity index (χ1) is 15.9. The van der Waals surface area contributed by atoms with Crippen molar-refractivity contribution in [2.45, 2.75) is 59.5 Å². The topological polar surface area (TPSA) is 38.1 Å². The van der Waals surface area contributed by atoms with Crippen LogP contribution in [-0.4, -0.2) is 33.6 Å². The number of likely N-dealkylation sites (tertiary alicyclic amines) is 1. The van der Waals surface area contributed by atoms with Crippen molar-refractivity contribution in [1.82, 2.24) is 14.7 Å². The van der Waals surface area contributed by atoms with Crippen LogP contribution in [0.2, 0.25) is 0 Å². The molecule has 1 aliphatic heterocycles. The lowest BCUT2D eigenvalue weighted by Gasteiger charge is -2.32. The van der Waals surface area contributed by atoms with Gasteiger partial charge in [0.25, 0.3) is 0 Å². The minimum atomic E-state index is 0.0310. The summed E-state index contributed by atoms with van der Waals surface area (Å²) in [6.07, 6.45) is 6.70. The monoisotopic (exact) mass is 443 g/mol. The predicted molar refractivity (Wildman–Crippen MR) is 135 cm³/mol. The smallest absolute Gasteiger partial charge is 0.165 e. The summed E-state index contributed by atoms with van der Waals surface area (Å²) in [5.41, 5.74) is 5.83. The Morgan fingerprint density at radius 1 is 0.939 bits per heavy atom. The van der Waals surface area contributed by atoms with Crippen LogP contribution in [0.25, 0.3) is 11.1 Å². The van der Waals surface area contributed by atoms with Gasteiger partial charge < -0.3 is 0 Å². The standard InChI is InChI=1S/C29H37N3O/c1-21(2)28-17-30-32(20-28)19-24-13-15-31(16-14-24)18-23-5-7-25(8-6-23)26-9-11-27(12-10-26)29(33)22(3)4/h5-12,17,20-22,24H,13-16,18-19H2,1-4H3. The number of aromatic nitrogens is 2. The Labute approximate surface area is 198 Å². The number of carbonyl (C=O) groups is 1. The van der Waals surface area contributed by atoms with E-state index in [0.717, 1.165) is 37.3 Å². The van der Waals surface area contributed by atoms with E-state index in [1.165, 1.54) is 29.5 Å². The Hall–Kier alpha value is -2.72. The number of nitrogens with zero attached hydrogens (tertiary/aromatic N) is 3. The fraction of sp³-hybridized carbons (Fsp3) is 0.448. The molecule has 33 heavy (non-hydrogen) atoms. The molecule has 1 saturated heterocycles. The van der Waals surface area contributed by atoms with E-state index in [0.29, 0.717) is 11.8 Å². The Morgan fingerprint density at radius 3 is 2.09 bits per heavy atom. The maximum Gasteiger partial charge on any atom is 0.165 e. The average Bonchev–Trinajstić information content (AvgIpc) is 3.29. The highest BCUT2D eigenvalue weighted by Gasteiger charge is 2.20. The molecule has 1 fully saturated rings. The van der Waals surface area contributed by atoms with Gasteiger partial charge in [0, 0.05) is 30.8 Å². The molecule has 2 heterocycles. The molecule has 0 atom stereocenters.